The van der Waals surface area contributed by atoms with Gasteiger partial charge in [0, 0.05) is 37.2 Å². The molecule has 1 heterocycles. The van der Waals surface area contributed by atoms with Crippen LogP contribution in [0.25, 0.3) is 0 Å². The number of rotatable bonds is 6. The van der Waals surface area contributed by atoms with E-state index in [4.69, 9.17) is 5.73 Å². The van der Waals surface area contributed by atoms with Crippen molar-refractivity contribution in [1.29, 1.82) is 0 Å². The number of nitrogens with two attached hydrogens (primary N) is 1. The van der Waals surface area contributed by atoms with Crippen LogP contribution in [-0.2, 0) is 4.79 Å². The lowest BCUT2D eigenvalue weighted by Crippen LogP contribution is -2.49. The molecular weight excluding hydrogens is 365 g/mol. The molecular formula is C17H27Cl2N3OS. The van der Waals surface area contributed by atoms with Gasteiger partial charge in [-0.3, -0.25) is 9.69 Å². The lowest BCUT2D eigenvalue weighted by molar-refractivity contribution is -0.127. The fourth-order valence-corrected chi connectivity index (χ4v) is 4.06. The highest BCUT2D eigenvalue weighted by Crippen LogP contribution is 2.33. The van der Waals surface area contributed by atoms with Crippen molar-refractivity contribution in [2.75, 3.05) is 31.1 Å². The van der Waals surface area contributed by atoms with Crippen LogP contribution < -0.4 is 11.1 Å². The Hall–Kier alpha value is -0.460. The van der Waals surface area contributed by atoms with E-state index in [-0.39, 0.29) is 42.8 Å². The quantitative estimate of drug-likeness (QED) is 0.781. The standard InChI is InChI=1S/C17H25N3OS.2ClH/c18-12-15(13-6-7-13)19-17(21)16(14-4-2-1-3-5-14)20-8-10-22-11-9-20;;/h1-5,13,15-16H,6-12,18H2,(H,19,21);2*1H. The van der Waals surface area contributed by atoms with E-state index >= 15 is 0 Å². The highest BCUT2D eigenvalue weighted by atomic mass is 35.5. The van der Waals surface area contributed by atoms with E-state index in [0.717, 1.165) is 30.2 Å². The SMILES string of the molecule is Cl.Cl.NCC(NC(=O)C(c1ccccc1)N1CCSCC1)C1CC1. The van der Waals surface area contributed by atoms with Crippen LogP contribution in [0.5, 0.6) is 0 Å². The number of nitrogens with zero attached hydrogens (tertiary/aromatic N) is 1. The third kappa shape index (κ3) is 5.53. The van der Waals surface area contributed by atoms with Crippen molar-refractivity contribution < 1.29 is 4.79 Å². The first-order valence-corrected chi connectivity index (χ1v) is 9.32. The summed E-state index contributed by atoms with van der Waals surface area (Å²) in [5, 5.41) is 3.21. The zero-order valence-electron chi connectivity index (χ0n) is 13.7. The third-order valence-corrected chi connectivity index (χ3v) is 5.49. The minimum Gasteiger partial charge on any atom is -0.350 e. The minimum atomic E-state index is -0.185. The van der Waals surface area contributed by atoms with Gasteiger partial charge in [-0.2, -0.15) is 11.8 Å². The number of nitrogens with one attached hydrogen (secondary N) is 1. The first kappa shape index (κ1) is 21.6. The summed E-state index contributed by atoms with van der Waals surface area (Å²) in [4.78, 5) is 15.2. The topological polar surface area (TPSA) is 58.4 Å². The molecule has 1 saturated heterocycles. The van der Waals surface area contributed by atoms with Crippen molar-refractivity contribution in [2.24, 2.45) is 11.7 Å². The summed E-state index contributed by atoms with van der Waals surface area (Å²) in [6.45, 7) is 2.47. The van der Waals surface area contributed by atoms with Gasteiger partial charge in [0.15, 0.2) is 0 Å². The summed E-state index contributed by atoms with van der Waals surface area (Å²) >= 11 is 1.96. The van der Waals surface area contributed by atoms with Crippen molar-refractivity contribution >= 4 is 42.5 Å². The second-order valence-corrected chi connectivity index (χ2v) is 7.37. The number of hydrogen-bond acceptors (Lipinski definition) is 4. The molecule has 1 aromatic carbocycles. The van der Waals surface area contributed by atoms with Crippen molar-refractivity contribution in [2.45, 2.75) is 24.9 Å². The second kappa shape index (κ2) is 10.5. The van der Waals surface area contributed by atoms with Gasteiger partial charge in [0.2, 0.25) is 5.91 Å². The molecule has 3 N–H and O–H groups in total. The Morgan fingerprint density at radius 2 is 1.83 bits per heavy atom. The van der Waals surface area contributed by atoms with E-state index in [2.05, 4.69) is 22.3 Å². The highest BCUT2D eigenvalue weighted by molar-refractivity contribution is 7.99. The lowest BCUT2D eigenvalue weighted by Gasteiger charge is -2.34. The minimum absolute atomic E-state index is 0. The molecule has 0 spiro atoms. The molecule has 1 aliphatic carbocycles. The maximum atomic E-state index is 12.9. The van der Waals surface area contributed by atoms with Gasteiger partial charge >= 0.3 is 0 Å². The van der Waals surface area contributed by atoms with Gasteiger partial charge < -0.3 is 11.1 Å². The van der Waals surface area contributed by atoms with E-state index in [0.29, 0.717) is 12.5 Å². The van der Waals surface area contributed by atoms with Gasteiger partial charge in [0.25, 0.3) is 0 Å². The fraction of sp³-hybridized carbons (Fsp3) is 0.588. The van der Waals surface area contributed by atoms with Crippen LogP contribution in [0.2, 0.25) is 0 Å². The zero-order valence-corrected chi connectivity index (χ0v) is 16.2. The summed E-state index contributed by atoms with van der Waals surface area (Å²) in [6, 6.07) is 10.1. The highest BCUT2D eigenvalue weighted by Gasteiger charge is 2.35. The Kier molecular flexibility index (Phi) is 9.45. The van der Waals surface area contributed by atoms with Gasteiger partial charge in [-0.15, -0.1) is 24.8 Å². The van der Waals surface area contributed by atoms with Crippen LogP contribution in [-0.4, -0.2) is 48.0 Å². The van der Waals surface area contributed by atoms with Crippen LogP contribution >= 0.6 is 36.6 Å². The van der Waals surface area contributed by atoms with E-state index in [9.17, 15) is 4.79 Å². The van der Waals surface area contributed by atoms with Gasteiger partial charge in [0.1, 0.15) is 6.04 Å². The normalized spacial score (nSPS) is 20.2. The van der Waals surface area contributed by atoms with E-state index in [1.165, 1.54) is 12.8 Å². The van der Waals surface area contributed by atoms with Gasteiger partial charge in [-0.25, -0.2) is 0 Å². The Balaban J connectivity index is 0.00000144. The van der Waals surface area contributed by atoms with Crippen LogP contribution in [0.1, 0.15) is 24.4 Å². The molecule has 0 bridgehead atoms. The maximum absolute atomic E-state index is 12.9. The molecule has 136 valence electrons. The number of amides is 1. The Labute approximate surface area is 161 Å². The molecule has 1 aliphatic heterocycles. The van der Waals surface area contributed by atoms with E-state index in [1.807, 2.05) is 30.0 Å². The number of halogens is 2. The van der Waals surface area contributed by atoms with Gasteiger partial charge in [-0.1, -0.05) is 30.3 Å². The van der Waals surface area contributed by atoms with Gasteiger partial charge in [0.05, 0.1) is 0 Å². The predicted octanol–water partition coefficient (Wildman–Crippen LogP) is 2.47. The smallest absolute Gasteiger partial charge is 0.242 e. The molecule has 7 heteroatoms. The lowest BCUT2D eigenvalue weighted by atomic mass is 10.0. The molecule has 1 saturated carbocycles. The molecule has 1 aromatic rings. The number of carbonyl (C=O) groups is 1. The van der Waals surface area contributed by atoms with E-state index < -0.39 is 0 Å². The molecule has 2 unspecified atom stereocenters. The molecule has 4 nitrogen and oxygen atoms in total. The maximum Gasteiger partial charge on any atom is 0.242 e. The molecule has 2 atom stereocenters. The molecule has 0 radical (unpaired) electrons. The van der Waals surface area contributed by atoms with Crippen molar-refractivity contribution in [1.82, 2.24) is 10.2 Å². The third-order valence-electron chi connectivity index (χ3n) is 4.55. The van der Waals surface area contributed by atoms with Crippen LogP contribution in [0.3, 0.4) is 0 Å². The molecule has 2 fully saturated rings. The summed E-state index contributed by atoms with van der Waals surface area (Å²) in [6.07, 6.45) is 2.39. The van der Waals surface area contributed by atoms with Crippen LogP contribution in [0.15, 0.2) is 30.3 Å². The first-order valence-electron chi connectivity index (χ1n) is 8.17. The number of thioether (sulfide) groups is 1. The molecule has 0 aromatic heterocycles. The second-order valence-electron chi connectivity index (χ2n) is 6.15. The average Bonchev–Trinajstić information content (AvgIpc) is 3.40. The number of hydrogen-bond donors (Lipinski definition) is 2. The summed E-state index contributed by atoms with van der Waals surface area (Å²) in [5.74, 6) is 2.89. The zero-order chi connectivity index (χ0) is 15.4. The van der Waals surface area contributed by atoms with Gasteiger partial charge in [-0.05, 0) is 24.3 Å². The largest absolute Gasteiger partial charge is 0.350 e. The summed E-state index contributed by atoms with van der Waals surface area (Å²) < 4.78 is 0. The predicted molar refractivity (Wildman–Crippen MR) is 106 cm³/mol. The van der Waals surface area contributed by atoms with Crippen LogP contribution in [0, 0.1) is 5.92 Å². The average molecular weight is 392 g/mol. The van der Waals surface area contributed by atoms with Crippen LogP contribution in [0.4, 0.5) is 0 Å². The molecule has 2 aliphatic rings. The summed E-state index contributed by atoms with van der Waals surface area (Å²) in [5.41, 5.74) is 6.93. The first-order chi connectivity index (χ1) is 10.8. The Morgan fingerprint density at radius 1 is 1.21 bits per heavy atom. The number of benzene rings is 1. The molecule has 3 rings (SSSR count). The fourth-order valence-electron chi connectivity index (χ4n) is 3.13. The van der Waals surface area contributed by atoms with Crippen molar-refractivity contribution in [3.8, 4) is 0 Å². The Bertz CT molecular complexity index is 496. The van der Waals surface area contributed by atoms with Crippen molar-refractivity contribution in [3.63, 3.8) is 0 Å². The monoisotopic (exact) mass is 391 g/mol. The number of carbonyl (C=O) groups excluding carboxylic acids is 1. The molecule has 1 amide bonds. The summed E-state index contributed by atoms with van der Waals surface area (Å²) in [7, 11) is 0. The van der Waals surface area contributed by atoms with Crippen molar-refractivity contribution in [3.05, 3.63) is 35.9 Å². The Morgan fingerprint density at radius 3 is 2.38 bits per heavy atom. The molecule has 24 heavy (non-hydrogen) atoms. The van der Waals surface area contributed by atoms with E-state index in [1.54, 1.807) is 0 Å².